The molecule has 0 aromatic heterocycles. The molecule has 0 fully saturated rings. The number of amides is 1. The molecule has 1 aliphatic heterocycles. The van der Waals surface area contributed by atoms with E-state index in [9.17, 15) is 4.79 Å². The number of para-hydroxylation sites is 2. The van der Waals surface area contributed by atoms with Gasteiger partial charge in [0.25, 0.3) is 0 Å². The highest BCUT2D eigenvalue weighted by atomic mass is 16.6. The van der Waals surface area contributed by atoms with Gasteiger partial charge in [-0.3, -0.25) is 4.79 Å². The molecule has 1 aromatic rings. The summed E-state index contributed by atoms with van der Waals surface area (Å²) in [7, 11) is 1.76. The smallest absolute Gasteiger partial charge is 0.242 e. The van der Waals surface area contributed by atoms with E-state index in [2.05, 4.69) is 0 Å². The number of rotatable bonds is 5. The zero-order valence-corrected chi connectivity index (χ0v) is 13.0. The molecule has 21 heavy (non-hydrogen) atoms. The Kier molecular flexibility index (Phi) is 4.73. The predicted octanol–water partition coefficient (Wildman–Crippen LogP) is 1.80. The van der Waals surface area contributed by atoms with Gasteiger partial charge in [-0.25, -0.2) is 0 Å². The summed E-state index contributed by atoms with van der Waals surface area (Å²) in [5, 5.41) is 0. The van der Waals surface area contributed by atoms with Crippen LogP contribution < -0.4 is 15.2 Å². The van der Waals surface area contributed by atoms with Gasteiger partial charge in [0.1, 0.15) is 6.61 Å². The van der Waals surface area contributed by atoms with E-state index >= 15 is 0 Å². The summed E-state index contributed by atoms with van der Waals surface area (Å²) in [5.41, 5.74) is 5.37. The summed E-state index contributed by atoms with van der Waals surface area (Å²) in [4.78, 5) is 14.1. The van der Waals surface area contributed by atoms with Crippen molar-refractivity contribution in [2.24, 2.45) is 5.73 Å². The number of nitrogens with zero attached hydrogens (tertiary/aromatic N) is 1. The largest absolute Gasteiger partial charge is 0.486 e. The highest BCUT2D eigenvalue weighted by molar-refractivity contribution is 5.85. The molecule has 116 valence electrons. The molecule has 2 rings (SSSR count). The molecule has 0 saturated heterocycles. The quantitative estimate of drug-likeness (QED) is 0.899. The summed E-state index contributed by atoms with van der Waals surface area (Å²) < 4.78 is 11.5. The van der Waals surface area contributed by atoms with Crippen LogP contribution in [-0.2, 0) is 4.79 Å². The normalized spacial score (nSPS) is 17.4. The SMILES string of the molecule is CCC(N)(CC)C(=O)N(C)CC1COc2ccccc2O1. The Balaban J connectivity index is 1.98. The van der Waals surface area contributed by atoms with Crippen molar-refractivity contribution in [2.45, 2.75) is 38.3 Å². The van der Waals surface area contributed by atoms with Crippen LogP contribution in [0.5, 0.6) is 11.5 Å². The van der Waals surface area contributed by atoms with Crippen molar-refractivity contribution in [1.29, 1.82) is 0 Å². The molecule has 1 aliphatic rings. The first-order chi connectivity index (χ1) is 10.00. The summed E-state index contributed by atoms with van der Waals surface area (Å²) in [6.45, 7) is 4.77. The van der Waals surface area contributed by atoms with E-state index in [1.807, 2.05) is 38.1 Å². The number of carbonyl (C=O) groups excluding carboxylic acids is 1. The van der Waals surface area contributed by atoms with Crippen LogP contribution in [0.4, 0.5) is 0 Å². The Hall–Kier alpha value is -1.75. The molecule has 0 spiro atoms. The number of carbonyl (C=O) groups is 1. The van der Waals surface area contributed by atoms with Crippen LogP contribution in [0.1, 0.15) is 26.7 Å². The van der Waals surface area contributed by atoms with Crippen LogP contribution in [0.15, 0.2) is 24.3 Å². The third kappa shape index (κ3) is 3.29. The minimum atomic E-state index is -0.790. The van der Waals surface area contributed by atoms with Crippen molar-refractivity contribution in [3.8, 4) is 11.5 Å². The summed E-state index contributed by atoms with van der Waals surface area (Å²) in [6, 6.07) is 7.55. The molecule has 0 bridgehead atoms. The third-order valence-electron chi connectivity index (χ3n) is 4.08. The van der Waals surface area contributed by atoms with Crippen molar-refractivity contribution in [1.82, 2.24) is 4.90 Å². The minimum Gasteiger partial charge on any atom is -0.486 e. The maximum atomic E-state index is 12.5. The highest BCUT2D eigenvalue weighted by Gasteiger charge is 2.34. The van der Waals surface area contributed by atoms with Gasteiger partial charge in [-0.05, 0) is 25.0 Å². The van der Waals surface area contributed by atoms with E-state index in [4.69, 9.17) is 15.2 Å². The fourth-order valence-corrected chi connectivity index (χ4v) is 2.47. The Morgan fingerprint density at radius 1 is 1.33 bits per heavy atom. The molecule has 1 aromatic carbocycles. The number of likely N-dealkylation sites (N-methyl/N-ethyl adjacent to an activating group) is 1. The molecular formula is C16H24N2O3. The van der Waals surface area contributed by atoms with Gasteiger partial charge in [0.15, 0.2) is 17.6 Å². The zero-order valence-electron chi connectivity index (χ0n) is 13.0. The second-order valence-corrected chi connectivity index (χ2v) is 5.55. The lowest BCUT2D eigenvalue weighted by molar-refractivity contribution is -0.137. The Morgan fingerprint density at radius 3 is 2.57 bits per heavy atom. The first-order valence-electron chi connectivity index (χ1n) is 7.43. The molecule has 0 aliphatic carbocycles. The number of ether oxygens (including phenoxy) is 2. The van der Waals surface area contributed by atoms with Gasteiger partial charge in [-0.2, -0.15) is 0 Å². The minimum absolute atomic E-state index is 0.0463. The Bertz CT molecular complexity index is 500. The van der Waals surface area contributed by atoms with Crippen molar-refractivity contribution in [3.05, 3.63) is 24.3 Å². The number of benzene rings is 1. The molecule has 2 N–H and O–H groups in total. The molecule has 5 nitrogen and oxygen atoms in total. The average Bonchev–Trinajstić information content (AvgIpc) is 2.53. The molecule has 5 heteroatoms. The first-order valence-corrected chi connectivity index (χ1v) is 7.43. The van der Waals surface area contributed by atoms with Crippen molar-refractivity contribution in [2.75, 3.05) is 20.2 Å². The molecule has 0 saturated carbocycles. The van der Waals surface area contributed by atoms with Crippen LogP contribution in [0.25, 0.3) is 0 Å². The van der Waals surface area contributed by atoms with E-state index < -0.39 is 5.54 Å². The first kappa shape index (κ1) is 15.6. The second kappa shape index (κ2) is 6.35. The fourth-order valence-electron chi connectivity index (χ4n) is 2.47. The second-order valence-electron chi connectivity index (χ2n) is 5.55. The van der Waals surface area contributed by atoms with E-state index in [-0.39, 0.29) is 12.0 Å². The van der Waals surface area contributed by atoms with E-state index in [0.29, 0.717) is 26.0 Å². The van der Waals surface area contributed by atoms with Crippen LogP contribution in [0, 0.1) is 0 Å². The van der Waals surface area contributed by atoms with E-state index in [1.165, 1.54) is 0 Å². The van der Waals surface area contributed by atoms with Gasteiger partial charge in [-0.15, -0.1) is 0 Å². The molecule has 1 unspecified atom stereocenters. The Labute approximate surface area is 126 Å². The maximum absolute atomic E-state index is 12.5. The van der Waals surface area contributed by atoms with E-state index in [1.54, 1.807) is 11.9 Å². The number of nitrogens with two attached hydrogens (primary N) is 1. The molecule has 1 atom stereocenters. The highest BCUT2D eigenvalue weighted by Crippen LogP contribution is 2.31. The van der Waals surface area contributed by atoms with Gasteiger partial charge in [0, 0.05) is 7.05 Å². The lowest BCUT2D eigenvalue weighted by Crippen LogP contribution is -2.55. The van der Waals surface area contributed by atoms with Crippen LogP contribution >= 0.6 is 0 Å². The molecule has 0 radical (unpaired) electrons. The molecular weight excluding hydrogens is 268 g/mol. The molecule has 1 amide bonds. The van der Waals surface area contributed by atoms with Crippen molar-refractivity contribution >= 4 is 5.91 Å². The van der Waals surface area contributed by atoms with Crippen LogP contribution in [0.3, 0.4) is 0 Å². The third-order valence-corrected chi connectivity index (χ3v) is 4.08. The zero-order chi connectivity index (χ0) is 15.5. The maximum Gasteiger partial charge on any atom is 0.242 e. The fraction of sp³-hybridized carbons (Fsp3) is 0.562. The van der Waals surface area contributed by atoms with Gasteiger partial charge < -0.3 is 20.1 Å². The summed E-state index contributed by atoms with van der Waals surface area (Å²) in [6.07, 6.45) is 1.07. The van der Waals surface area contributed by atoms with Crippen LogP contribution in [-0.4, -0.2) is 42.6 Å². The monoisotopic (exact) mass is 292 g/mol. The lowest BCUT2D eigenvalue weighted by atomic mass is 9.92. The summed E-state index contributed by atoms with van der Waals surface area (Å²) >= 11 is 0. The topological polar surface area (TPSA) is 64.8 Å². The van der Waals surface area contributed by atoms with E-state index in [0.717, 1.165) is 11.5 Å². The Morgan fingerprint density at radius 2 is 1.95 bits per heavy atom. The number of hydrogen-bond acceptors (Lipinski definition) is 4. The van der Waals surface area contributed by atoms with Gasteiger partial charge in [-0.1, -0.05) is 26.0 Å². The number of fused-ring (bicyclic) bond motifs is 1. The average molecular weight is 292 g/mol. The molecule has 1 heterocycles. The van der Waals surface area contributed by atoms with Crippen molar-refractivity contribution < 1.29 is 14.3 Å². The van der Waals surface area contributed by atoms with Crippen molar-refractivity contribution in [3.63, 3.8) is 0 Å². The van der Waals surface area contributed by atoms with Gasteiger partial charge in [0.2, 0.25) is 5.91 Å². The van der Waals surface area contributed by atoms with Crippen LogP contribution in [0.2, 0.25) is 0 Å². The van der Waals surface area contributed by atoms with Gasteiger partial charge in [0.05, 0.1) is 12.1 Å². The lowest BCUT2D eigenvalue weighted by Gasteiger charge is -2.34. The number of hydrogen-bond donors (Lipinski definition) is 1. The summed E-state index contributed by atoms with van der Waals surface area (Å²) in [5.74, 6) is 1.42. The standard InChI is InChI=1S/C16H24N2O3/c1-4-16(17,5-2)15(19)18(3)10-12-11-20-13-8-6-7-9-14(13)21-12/h6-9,12H,4-5,10-11,17H2,1-3H3. The van der Waals surface area contributed by atoms with Gasteiger partial charge >= 0.3 is 0 Å². The predicted molar refractivity (Wildman–Crippen MR) is 81.5 cm³/mol.